The smallest absolute Gasteiger partial charge is 0.423 e. The number of benzene rings is 2. The molecule has 35 heavy (non-hydrogen) atoms. The molecule has 0 aromatic heterocycles. The zero-order chi connectivity index (χ0) is 25.3. The second kappa shape index (κ2) is 12.8. The Morgan fingerprint density at radius 3 is 2.20 bits per heavy atom. The lowest BCUT2D eigenvalue weighted by Gasteiger charge is -2.34. The maximum atomic E-state index is 12.5. The van der Waals surface area contributed by atoms with Crippen molar-refractivity contribution < 1.29 is 27.4 Å². The molecule has 0 N–H and O–H groups in total. The molecule has 1 unspecified atom stereocenters. The van der Waals surface area contributed by atoms with Crippen LogP contribution in [0, 0.1) is 11.8 Å². The van der Waals surface area contributed by atoms with E-state index in [0.29, 0.717) is 17.4 Å². The molecular formula is C29H35F3O3. The summed E-state index contributed by atoms with van der Waals surface area (Å²) in [6.45, 7) is 6.20. The van der Waals surface area contributed by atoms with Crippen molar-refractivity contribution in [2.45, 2.75) is 77.0 Å². The molecule has 1 saturated carbocycles. The van der Waals surface area contributed by atoms with Crippen LogP contribution in [0.5, 0.6) is 11.5 Å². The van der Waals surface area contributed by atoms with Crippen molar-refractivity contribution in [2.75, 3.05) is 0 Å². The highest BCUT2D eigenvalue weighted by Crippen LogP contribution is 2.41. The van der Waals surface area contributed by atoms with Gasteiger partial charge < -0.3 is 9.47 Å². The first-order chi connectivity index (χ1) is 16.8. The molecule has 0 saturated heterocycles. The van der Waals surface area contributed by atoms with Gasteiger partial charge in [0.15, 0.2) is 0 Å². The van der Waals surface area contributed by atoms with Crippen LogP contribution in [0.4, 0.5) is 13.2 Å². The number of alkyl halides is 3. The summed E-state index contributed by atoms with van der Waals surface area (Å²) in [6.07, 6.45) is 8.44. The Morgan fingerprint density at radius 2 is 1.63 bits per heavy atom. The molecule has 2 aromatic rings. The number of esters is 1. The first-order valence-electron chi connectivity index (χ1n) is 12.6. The van der Waals surface area contributed by atoms with Gasteiger partial charge in [-0.05, 0) is 79.0 Å². The minimum Gasteiger partial charge on any atom is -0.423 e. The van der Waals surface area contributed by atoms with Crippen LogP contribution in [0.25, 0.3) is 0 Å². The normalized spacial score (nSPS) is 19.1. The predicted molar refractivity (Wildman–Crippen MR) is 132 cm³/mol. The van der Waals surface area contributed by atoms with Gasteiger partial charge in [0.25, 0.3) is 0 Å². The van der Waals surface area contributed by atoms with Crippen LogP contribution >= 0.6 is 0 Å². The summed E-state index contributed by atoms with van der Waals surface area (Å²) in [4.78, 5) is 12.5. The maximum absolute atomic E-state index is 12.5. The number of hydrogen-bond donors (Lipinski definition) is 0. The van der Waals surface area contributed by atoms with Gasteiger partial charge in [-0.1, -0.05) is 63.7 Å². The van der Waals surface area contributed by atoms with Crippen LogP contribution < -0.4 is 9.47 Å². The van der Waals surface area contributed by atoms with Crippen LogP contribution in [-0.4, -0.2) is 12.3 Å². The minimum atomic E-state index is -4.77. The molecule has 190 valence electrons. The number of hydrogen-bond acceptors (Lipinski definition) is 3. The average Bonchev–Trinajstić information content (AvgIpc) is 2.84. The highest BCUT2D eigenvalue weighted by atomic mass is 19.4. The van der Waals surface area contributed by atoms with Crippen molar-refractivity contribution in [3.8, 4) is 11.5 Å². The van der Waals surface area contributed by atoms with Gasteiger partial charge in [0.1, 0.15) is 11.5 Å². The Kier molecular flexibility index (Phi) is 9.82. The Hall–Kier alpha value is -2.76. The summed E-state index contributed by atoms with van der Waals surface area (Å²) >= 11 is 0. The third-order valence-electron chi connectivity index (χ3n) is 6.94. The van der Waals surface area contributed by atoms with Gasteiger partial charge in [0.2, 0.25) is 0 Å². The fraction of sp³-hybridized carbons (Fsp3) is 0.483. The number of carbonyl (C=O) groups is 1. The number of carbonyl (C=O) groups excluding carboxylic acids is 1. The van der Waals surface area contributed by atoms with E-state index in [4.69, 9.17) is 4.74 Å². The summed E-state index contributed by atoms with van der Waals surface area (Å²) in [5, 5.41) is 0. The van der Waals surface area contributed by atoms with E-state index in [2.05, 4.69) is 18.2 Å². The van der Waals surface area contributed by atoms with Crippen molar-refractivity contribution in [2.24, 2.45) is 11.8 Å². The zero-order valence-electron chi connectivity index (χ0n) is 20.4. The molecule has 0 amide bonds. The molecule has 2 aromatic carbocycles. The van der Waals surface area contributed by atoms with Gasteiger partial charge in [-0.15, -0.1) is 19.8 Å². The Labute approximate surface area is 206 Å². The van der Waals surface area contributed by atoms with Gasteiger partial charge in [0, 0.05) is 0 Å². The van der Waals surface area contributed by atoms with E-state index in [9.17, 15) is 18.0 Å². The number of rotatable bonds is 11. The highest BCUT2D eigenvalue weighted by Gasteiger charge is 2.31. The van der Waals surface area contributed by atoms with E-state index >= 15 is 0 Å². The minimum absolute atomic E-state index is 0.147. The SMILES string of the molecule is C=CCC(c1ccc(C(=O)Oc2ccc(OC(F)(F)F)cc2)cc1)C1CCC(CCCCC)CC1. The highest BCUT2D eigenvalue weighted by molar-refractivity contribution is 5.91. The van der Waals surface area contributed by atoms with Gasteiger partial charge in [-0.25, -0.2) is 4.79 Å². The molecule has 0 aliphatic heterocycles. The van der Waals surface area contributed by atoms with Crippen LogP contribution in [0.15, 0.2) is 61.2 Å². The molecule has 6 heteroatoms. The molecule has 3 nitrogen and oxygen atoms in total. The van der Waals surface area contributed by atoms with Crippen LogP contribution in [-0.2, 0) is 0 Å². The fourth-order valence-electron chi connectivity index (χ4n) is 5.08. The topological polar surface area (TPSA) is 35.5 Å². The van der Waals surface area contributed by atoms with Crippen molar-refractivity contribution in [1.29, 1.82) is 0 Å². The summed E-state index contributed by atoms with van der Waals surface area (Å²) < 4.78 is 46.0. The Balaban J connectivity index is 1.58. The van der Waals surface area contributed by atoms with E-state index in [1.165, 1.54) is 69.1 Å². The van der Waals surface area contributed by atoms with Gasteiger partial charge in [-0.2, -0.15) is 0 Å². The number of allylic oxidation sites excluding steroid dienone is 1. The lowest BCUT2D eigenvalue weighted by Crippen LogP contribution is -2.21. The van der Waals surface area contributed by atoms with Gasteiger partial charge >= 0.3 is 12.3 Å². The second-order valence-electron chi connectivity index (χ2n) is 9.44. The zero-order valence-corrected chi connectivity index (χ0v) is 20.4. The van der Waals surface area contributed by atoms with Gasteiger partial charge in [-0.3, -0.25) is 0 Å². The van der Waals surface area contributed by atoms with E-state index in [1.54, 1.807) is 12.1 Å². The van der Waals surface area contributed by atoms with E-state index < -0.39 is 12.3 Å². The molecule has 1 aliphatic carbocycles. The Bertz CT molecular complexity index is 927. The largest absolute Gasteiger partial charge is 0.573 e. The van der Waals surface area contributed by atoms with E-state index in [0.717, 1.165) is 24.5 Å². The van der Waals surface area contributed by atoms with E-state index in [1.807, 2.05) is 18.2 Å². The molecule has 3 rings (SSSR count). The van der Waals surface area contributed by atoms with Crippen LogP contribution in [0.1, 0.15) is 86.6 Å². The summed E-state index contributed by atoms with van der Waals surface area (Å²) in [5.74, 6) is 1.07. The Morgan fingerprint density at radius 1 is 1.00 bits per heavy atom. The maximum Gasteiger partial charge on any atom is 0.573 e. The standard InChI is InChI=1S/C29H35F3O3/c1-3-5-6-8-21-9-11-22(12-10-21)27(7-4-2)23-13-15-24(16-14-23)28(33)34-25-17-19-26(20-18-25)35-29(30,31)32/h4,13-22,27H,2-3,5-12H2,1H3. The lowest BCUT2D eigenvalue weighted by atomic mass is 9.71. The monoisotopic (exact) mass is 488 g/mol. The van der Waals surface area contributed by atoms with Gasteiger partial charge in [0.05, 0.1) is 5.56 Å². The quantitative estimate of drug-likeness (QED) is 0.137. The average molecular weight is 489 g/mol. The second-order valence-corrected chi connectivity index (χ2v) is 9.44. The lowest BCUT2D eigenvalue weighted by molar-refractivity contribution is -0.274. The van der Waals surface area contributed by atoms with Crippen molar-refractivity contribution in [3.63, 3.8) is 0 Å². The first-order valence-corrected chi connectivity index (χ1v) is 12.6. The molecule has 1 fully saturated rings. The molecular weight excluding hydrogens is 453 g/mol. The third-order valence-corrected chi connectivity index (χ3v) is 6.94. The fourth-order valence-corrected chi connectivity index (χ4v) is 5.08. The van der Waals surface area contributed by atoms with Crippen molar-refractivity contribution in [1.82, 2.24) is 0 Å². The number of ether oxygens (including phenoxy) is 2. The van der Waals surface area contributed by atoms with Crippen molar-refractivity contribution in [3.05, 3.63) is 72.3 Å². The molecule has 1 aliphatic rings. The third kappa shape index (κ3) is 8.44. The first kappa shape index (κ1) is 26.8. The summed E-state index contributed by atoms with van der Waals surface area (Å²) in [5.41, 5.74) is 1.59. The van der Waals surface area contributed by atoms with Crippen molar-refractivity contribution >= 4 is 5.97 Å². The molecule has 0 spiro atoms. The molecule has 1 atom stereocenters. The number of halogens is 3. The predicted octanol–water partition coefficient (Wildman–Crippen LogP) is 8.85. The molecule has 0 radical (unpaired) electrons. The number of unbranched alkanes of at least 4 members (excludes halogenated alkanes) is 2. The van der Waals surface area contributed by atoms with E-state index in [-0.39, 0.29) is 11.5 Å². The van der Waals surface area contributed by atoms with Crippen LogP contribution in [0.3, 0.4) is 0 Å². The van der Waals surface area contributed by atoms with Crippen LogP contribution in [0.2, 0.25) is 0 Å². The molecule has 0 bridgehead atoms. The summed E-state index contributed by atoms with van der Waals surface area (Å²) in [7, 11) is 0. The summed E-state index contributed by atoms with van der Waals surface area (Å²) in [6, 6.07) is 12.2. The molecule has 0 heterocycles.